The molecule has 0 aliphatic carbocycles. The normalized spacial score (nSPS) is 11.3. The van der Waals surface area contributed by atoms with Crippen molar-refractivity contribution in [3.05, 3.63) is 95.6 Å². The van der Waals surface area contributed by atoms with Gasteiger partial charge in [-0.3, -0.25) is 14.4 Å². The standard InChI is InChI=1S/C25H25N3O4/c1-17(29)27-22-10-6-5-9-21(22)25(31)28-23(24(26)30)15-18-11-13-20(14-12-18)32-16-19-7-3-2-4-8-19/h2-14,23H,15-16H2,1H3,(H2,26,30)(H,27,29)(H,28,31)/t23-/m1/s1. The summed E-state index contributed by atoms with van der Waals surface area (Å²) in [4.78, 5) is 36.1. The summed E-state index contributed by atoms with van der Waals surface area (Å²) < 4.78 is 5.77. The van der Waals surface area contributed by atoms with Gasteiger partial charge in [-0.15, -0.1) is 0 Å². The fourth-order valence-corrected chi connectivity index (χ4v) is 3.14. The van der Waals surface area contributed by atoms with E-state index in [9.17, 15) is 14.4 Å². The van der Waals surface area contributed by atoms with Crippen LogP contribution >= 0.6 is 0 Å². The Morgan fingerprint density at radius 2 is 1.53 bits per heavy atom. The van der Waals surface area contributed by atoms with Crippen molar-refractivity contribution < 1.29 is 19.1 Å². The lowest BCUT2D eigenvalue weighted by molar-refractivity contribution is -0.119. The Morgan fingerprint density at radius 3 is 2.19 bits per heavy atom. The molecular weight excluding hydrogens is 406 g/mol. The van der Waals surface area contributed by atoms with E-state index in [1.807, 2.05) is 54.6 Å². The highest BCUT2D eigenvalue weighted by Gasteiger charge is 2.21. The maximum Gasteiger partial charge on any atom is 0.254 e. The van der Waals surface area contributed by atoms with Gasteiger partial charge in [-0.1, -0.05) is 54.6 Å². The van der Waals surface area contributed by atoms with E-state index in [4.69, 9.17) is 10.5 Å². The van der Waals surface area contributed by atoms with E-state index in [1.54, 1.807) is 24.3 Å². The molecule has 164 valence electrons. The summed E-state index contributed by atoms with van der Waals surface area (Å²) in [6, 6.07) is 22.7. The van der Waals surface area contributed by atoms with E-state index in [0.717, 1.165) is 11.1 Å². The van der Waals surface area contributed by atoms with Gasteiger partial charge in [0.25, 0.3) is 5.91 Å². The Balaban J connectivity index is 1.63. The number of primary amides is 1. The molecule has 3 aromatic carbocycles. The van der Waals surface area contributed by atoms with E-state index >= 15 is 0 Å². The van der Waals surface area contributed by atoms with Crippen LogP contribution in [0.2, 0.25) is 0 Å². The van der Waals surface area contributed by atoms with Gasteiger partial charge in [0.05, 0.1) is 11.3 Å². The maximum absolute atomic E-state index is 12.7. The maximum atomic E-state index is 12.7. The van der Waals surface area contributed by atoms with Gasteiger partial charge < -0.3 is 21.1 Å². The molecule has 0 aliphatic rings. The molecule has 0 saturated carbocycles. The molecule has 0 aliphatic heterocycles. The van der Waals surface area contributed by atoms with E-state index in [-0.39, 0.29) is 17.9 Å². The van der Waals surface area contributed by atoms with Crippen LogP contribution in [0.25, 0.3) is 0 Å². The quantitative estimate of drug-likeness (QED) is 0.484. The number of benzene rings is 3. The average molecular weight is 431 g/mol. The van der Waals surface area contributed by atoms with Crippen LogP contribution in [-0.2, 0) is 22.6 Å². The molecule has 0 fully saturated rings. The number of ether oxygens (including phenoxy) is 1. The van der Waals surface area contributed by atoms with Crippen molar-refractivity contribution in [2.45, 2.75) is 26.0 Å². The number of rotatable bonds is 9. The van der Waals surface area contributed by atoms with Gasteiger partial charge in [-0.2, -0.15) is 0 Å². The molecule has 0 heterocycles. The topological polar surface area (TPSA) is 111 Å². The minimum absolute atomic E-state index is 0.225. The van der Waals surface area contributed by atoms with Crippen molar-refractivity contribution in [1.82, 2.24) is 5.32 Å². The van der Waals surface area contributed by atoms with Gasteiger partial charge in [-0.05, 0) is 35.4 Å². The van der Waals surface area contributed by atoms with Crippen LogP contribution in [0.1, 0.15) is 28.4 Å². The zero-order valence-electron chi connectivity index (χ0n) is 17.7. The van der Waals surface area contributed by atoms with Gasteiger partial charge in [0.15, 0.2) is 0 Å². The number of nitrogens with two attached hydrogens (primary N) is 1. The molecule has 1 atom stereocenters. The van der Waals surface area contributed by atoms with E-state index in [2.05, 4.69) is 10.6 Å². The second-order valence-electron chi connectivity index (χ2n) is 7.28. The van der Waals surface area contributed by atoms with Crippen LogP contribution in [0, 0.1) is 0 Å². The molecule has 0 unspecified atom stereocenters. The highest BCUT2D eigenvalue weighted by atomic mass is 16.5. The Labute approximate surface area is 186 Å². The smallest absolute Gasteiger partial charge is 0.254 e. The number of amides is 3. The van der Waals surface area contributed by atoms with Crippen molar-refractivity contribution in [1.29, 1.82) is 0 Å². The summed E-state index contributed by atoms with van der Waals surface area (Å²) >= 11 is 0. The molecule has 0 bridgehead atoms. The molecule has 3 aromatic rings. The lowest BCUT2D eigenvalue weighted by atomic mass is 10.0. The van der Waals surface area contributed by atoms with E-state index in [1.165, 1.54) is 6.92 Å². The third-order valence-electron chi connectivity index (χ3n) is 4.74. The van der Waals surface area contributed by atoms with Crippen molar-refractivity contribution >= 4 is 23.4 Å². The Hall–Kier alpha value is -4.13. The zero-order chi connectivity index (χ0) is 22.9. The second-order valence-corrected chi connectivity index (χ2v) is 7.28. The van der Waals surface area contributed by atoms with E-state index in [0.29, 0.717) is 18.0 Å². The molecule has 7 heteroatoms. The van der Waals surface area contributed by atoms with Gasteiger partial charge >= 0.3 is 0 Å². The van der Waals surface area contributed by atoms with Crippen molar-refractivity contribution in [3.63, 3.8) is 0 Å². The average Bonchev–Trinajstić information content (AvgIpc) is 2.78. The first kappa shape index (κ1) is 22.6. The highest BCUT2D eigenvalue weighted by molar-refractivity contribution is 6.04. The van der Waals surface area contributed by atoms with Crippen molar-refractivity contribution in [3.8, 4) is 5.75 Å². The first-order valence-electron chi connectivity index (χ1n) is 10.1. The zero-order valence-corrected chi connectivity index (χ0v) is 17.7. The van der Waals surface area contributed by atoms with Crippen LogP contribution in [0.15, 0.2) is 78.9 Å². The molecule has 3 rings (SSSR count). The first-order valence-corrected chi connectivity index (χ1v) is 10.1. The molecule has 0 aromatic heterocycles. The molecule has 7 nitrogen and oxygen atoms in total. The lowest BCUT2D eigenvalue weighted by Gasteiger charge is -2.17. The number of hydrogen-bond donors (Lipinski definition) is 3. The fourth-order valence-electron chi connectivity index (χ4n) is 3.14. The van der Waals surface area contributed by atoms with Gasteiger partial charge in [0, 0.05) is 13.3 Å². The molecule has 0 radical (unpaired) electrons. The molecule has 4 N–H and O–H groups in total. The van der Waals surface area contributed by atoms with E-state index < -0.39 is 17.9 Å². The summed E-state index contributed by atoms with van der Waals surface area (Å²) in [5.41, 5.74) is 8.01. The number of anilines is 1. The molecule has 0 saturated heterocycles. The summed E-state index contributed by atoms with van der Waals surface area (Å²) in [7, 11) is 0. The SMILES string of the molecule is CC(=O)Nc1ccccc1C(=O)N[C@H](Cc1ccc(OCc2ccccc2)cc1)C(N)=O. The predicted molar refractivity (Wildman–Crippen MR) is 122 cm³/mol. The Morgan fingerprint density at radius 1 is 0.875 bits per heavy atom. The monoisotopic (exact) mass is 431 g/mol. The molecule has 32 heavy (non-hydrogen) atoms. The largest absolute Gasteiger partial charge is 0.489 e. The van der Waals surface area contributed by atoms with Gasteiger partial charge in [0.1, 0.15) is 18.4 Å². The van der Waals surface area contributed by atoms with Gasteiger partial charge in [0.2, 0.25) is 11.8 Å². The summed E-state index contributed by atoms with van der Waals surface area (Å²) in [5.74, 6) is -0.756. The predicted octanol–water partition coefficient (Wildman–Crippen LogP) is 3.05. The summed E-state index contributed by atoms with van der Waals surface area (Å²) in [6.07, 6.45) is 0.225. The third-order valence-corrected chi connectivity index (χ3v) is 4.74. The van der Waals surface area contributed by atoms with Crippen LogP contribution in [0.3, 0.4) is 0 Å². The second kappa shape index (κ2) is 10.8. The molecule has 3 amide bonds. The highest BCUT2D eigenvalue weighted by Crippen LogP contribution is 2.17. The summed E-state index contributed by atoms with van der Waals surface area (Å²) in [6.45, 7) is 1.81. The van der Waals surface area contributed by atoms with Crippen LogP contribution < -0.4 is 21.1 Å². The summed E-state index contributed by atoms with van der Waals surface area (Å²) in [5, 5.41) is 5.27. The van der Waals surface area contributed by atoms with Crippen molar-refractivity contribution in [2.75, 3.05) is 5.32 Å². The fraction of sp³-hybridized carbons (Fsp3) is 0.160. The van der Waals surface area contributed by atoms with Crippen LogP contribution in [0.4, 0.5) is 5.69 Å². The third kappa shape index (κ3) is 6.43. The van der Waals surface area contributed by atoms with Gasteiger partial charge in [-0.25, -0.2) is 0 Å². The number of nitrogens with one attached hydrogen (secondary N) is 2. The molecular formula is C25H25N3O4. The number of carbonyl (C=O) groups excluding carboxylic acids is 3. The minimum Gasteiger partial charge on any atom is -0.489 e. The lowest BCUT2D eigenvalue weighted by Crippen LogP contribution is -2.46. The number of carbonyl (C=O) groups is 3. The Bertz CT molecular complexity index is 1080. The molecule has 0 spiro atoms. The minimum atomic E-state index is -0.913. The Kier molecular flexibility index (Phi) is 7.59. The number of para-hydroxylation sites is 1. The van der Waals surface area contributed by atoms with Crippen molar-refractivity contribution in [2.24, 2.45) is 5.73 Å². The van der Waals surface area contributed by atoms with Crippen LogP contribution in [0.5, 0.6) is 5.75 Å². The first-order chi connectivity index (χ1) is 15.4. The number of hydrogen-bond acceptors (Lipinski definition) is 4. The van der Waals surface area contributed by atoms with Crippen LogP contribution in [-0.4, -0.2) is 23.8 Å².